The van der Waals surface area contributed by atoms with Crippen LogP contribution in [-0.2, 0) is 6.42 Å². The third-order valence-electron chi connectivity index (χ3n) is 6.22. The zero-order chi connectivity index (χ0) is 24.7. The highest BCUT2D eigenvalue weighted by molar-refractivity contribution is 7.15. The quantitative estimate of drug-likeness (QED) is 0.476. The number of anilines is 3. The molecule has 2 aromatic heterocycles. The molecular weight excluding hydrogens is 470 g/mol. The summed E-state index contributed by atoms with van der Waals surface area (Å²) in [6, 6.07) is 2.86. The van der Waals surface area contributed by atoms with Crippen molar-refractivity contribution in [3.63, 3.8) is 0 Å². The standard InChI is InChI=1S/C25H28F2N6OS/c1-14(2)20-13-28-25(35-20)30-21-12-22(33-7-5-32(4)6-8-33)31-24(29-21)34-19-11-18(26)16-9-15(3)10-17(16)23(19)27/h10-14H,5-9H2,1-4H3,(H,28,29,30,31). The van der Waals surface area contributed by atoms with Crippen molar-refractivity contribution in [2.45, 2.75) is 33.1 Å². The summed E-state index contributed by atoms with van der Waals surface area (Å²) >= 11 is 1.55. The number of nitrogens with one attached hydrogen (secondary N) is 1. The van der Waals surface area contributed by atoms with Gasteiger partial charge in [0, 0.05) is 60.5 Å². The van der Waals surface area contributed by atoms with Crippen molar-refractivity contribution in [2.75, 3.05) is 43.4 Å². The number of hydrogen-bond acceptors (Lipinski definition) is 8. The Bertz CT molecular complexity index is 1280. The summed E-state index contributed by atoms with van der Waals surface area (Å²) in [5.74, 6) is 0.161. The molecule has 3 aromatic rings. The first-order valence-corrected chi connectivity index (χ1v) is 12.5. The van der Waals surface area contributed by atoms with E-state index in [2.05, 4.69) is 51.0 Å². The normalized spacial score (nSPS) is 16.0. The number of ether oxygens (including phenoxy) is 1. The molecule has 1 aromatic carbocycles. The molecule has 35 heavy (non-hydrogen) atoms. The van der Waals surface area contributed by atoms with Gasteiger partial charge in [-0.2, -0.15) is 9.97 Å². The van der Waals surface area contributed by atoms with E-state index in [1.807, 2.05) is 19.2 Å². The van der Waals surface area contributed by atoms with Crippen LogP contribution in [0.15, 0.2) is 23.9 Å². The maximum absolute atomic E-state index is 15.2. The van der Waals surface area contributed by atoms with Gasteiger partial charge in [0.05, 0.1) is 0 Å². The number of piperazine rings is 1. The van der Waals surface area contributed by atoms with Crippen molar-refractivity contribution in [1.82, 2.24) is 19.9 Å². The Kier molecular flexibility index (Phi) is 6.41. The van der Waals surface area contributed by atoms with Crippen LogP contribution in [0.3, 0.4) is 0 Å². The van der Waals surface area contributed by atoms with Crippen molar-refractivity contribution in [3.05, 3.63) is 51.5 Å². The van der Waals surface area contributed by atoms with Crippen LogP contribution in [0, 0.1) is 11.6 Å². The number of nitrogens with zero attached hydrogens (tertiary/aromatic N) is 5. The van der Waals surface area contributed by atoms with E-state index in [0.29, 0.717) is 34.7 Å². The Hall–Kier alpha value is -3.11. The molecule has 10 heteroatoms. The summed E-state index contributed by atoms with van der Waals surface area (Å²) in [7, 11) is 2.08. The summed E-state index contributed by atoms with van der Waals surface area (Å²) in [6.45, 7) is 9.43. The first-order chi connectivity index (χ1) is 16.8. The molecule has 2 aliphatic rings. The van der Waals surface area contributed by atoms with E-state index in [1.165, 1.54) is 0 Å². The molecule has 1 fully saturated rings. The molecule has 1 N–H and O–H groups in total. The van der Waals surface area contributed by atoms with E-state index < -0.39 is 11.6 Å². The molecule has 3 heterocycles. The Morgan fingerprint density at radius 3 is 2.60 bits per heavy atom. The van der Waals surface area contributed by atoms with Crippen molar-refractivity contribution >= 4 is 34.2 Å². The van der Waals surface area contributed by atoms with Crippen LogP contribution in [0.2, 0.25) is 0 Å². The Morgan fingerprint density at radius 2 is 1.89 bits per heavy atom. The van der Waals surface area contributed by atoms with Crippen molar-refractivity contribution in [3.8, 4) is 11.8 Å². The number of thiazole rings is 1. The zero-order valence-corrected chi connectivity index (χ0v) is 21.0. The fourth-order valence-electron chi connectivity index (χ4n) is 4.18. The van der Waals surface area contributed by atoms with Gasteiger partial charge in [0.2, 0.25) is 0 Å². The Morgan fingerprint density at radius 1 is 1.11 bits per heavy atom. The van der Waals surface area contributed by atoms with Gasteiger partial charge in [0.15, 0.2) is 16.7 Å². The van der Waals surface area contributed by atoms with Gasteiger partial charge >= 0.3 is 6.01 Å². The van der Waals surface area contributed by atoms with E-state index in [-0.39, 0.29) is 17.3 Å². The number of rotatable bonds is 6. The third kappa shape index (κ3) is 4.99. The van der Waals surface area contributed by atoms with Crippen LogP contribution in [0.5, 0.6) is 11.8 Å². The smallest absolute Gasteiger partial charge is 0.326 e. The number of halogens is 2. The van der Waals surface area contributed by atoms with Gasteiger partial charge in [0.25, 0.3) is 0 Å². The minimum Gasteiger partial charge on any atom is -0.421 e. The van der Waals surface area contributed by atoms with Crippen LogP contribution in [-0.4, -0.2) is 53.1 Å². The predicted molar refractivity (Wildman–Crippen MR) is 135 cm³/mol. The fraction of sp³-hybridized carbons (Fsp3) is 0.400. The van der Waals surface area contributed by atoms with Crippen LogP contribution in [0.1, 0.15) is 42.7 Å². The Labute approximate surface area is 207 Å². The summed E-state index contributed by atoms with van der Waals surface area (Å²) in [4.78, 5) is 19.0. The first-order valence-electron chi connectivity index (χ1n) is 11.7. The lowest BCUT2D eigenvalue weighted by molar-refractivity contribution is 0.311. The van der Waals surface area contributed by atoms with E-state index in [4.69, 9.17) is 4.74 Å². The van der Waals surface area contributed by atoms with Gasteiger partial charge in [-0.25, -0.2) is 13.8 Å². The molecule has 0 atom stereocenters. The van der Waals surface area contributed by atoms with Crippen molar-refractivity contribution < 1.29 is 13.5 Å². The van der Waals surface area contributed by atoms with Crippen LogP contribution in [0.4, 0.5) is 25.5 Å². The van der Waals surface area contributed by atoms with Crippen LogP contribution in [0.25, 0.3) is 6.08 Å². The summed E-state index contributed by atoms with van der Waals surface area (Å²) in [6.07, 6.45) is 3.90. The SMILES string of the molecule is CC1=Cc2c(F)c(Oc3nc(Nc4ncc(C(C)C)s4)cc(N4CCN(C)CC4)n3)cc(F)c2C1. The monoisotopic (exact) mass is 498 g/mol. The molecule has 0 unspecified atom stereocenters. The number of likely N-dealkylation sites (N-methyl/N-ethyl adjacent to an activating group) is 1. The van der Waals surface area contributed by atoms with Gasteiger partial charge in [-0.15, -0.1) is 11.3 Å². The molecule has 0 saturated carbocycles. The highest BCUT2D eigenvalue weighted by Crippen LogP contribution is 2.36. The van der Waals surface area contributed by atoms with Gasteiger partial charge in [-0.3, -0.25) is 0 Å². The number of benzene rings is 1. The highest BCUT2D eigenvalue weighted by Gasteiger charge is 2.24. The average molecular weight is 499 g/mol. The van der Waals surface area contributed by atoms with Crippen molar-refractivity contribution in [1.29, 1.82) is 0 Å². The molecule has 1 saturated heterocycles. The first kappa shape index (κ1) is 23.6. The maximum Gasteiger partial charge on any atom is 0.326 e. The fourth-order valence-corrected chi connectivity index (χ4v) is 5.00. The van der Waals surface area contributed by atoms with Crippen molar-refractivity contribution in [2.24, 2.45) is 0 Å². The maximum atomic E-state index is 15.2. The second-order valence-electron chi connectivity index (χ2n) is 9.36. The Balaban J connectivity index is 1.49. The molecule has 5 rings (SSSR count). The lowest BCUT2D eigenvalue weighted by atomic mass is 10.1. The second kappa shape index (κ2) is 9.50. The van der Waals surface area contributed by atoms with Gasteiger partial charge < -0.3 is 19.9 Å². The lowest BCUT2D eigenvalue weighted by Crippen LogP contribution is -2.44. The average Bonchev–Trinajstić information content (AvgIpc) is 3.45. The van der Waals surface area contributed by atoms with Crippen LogP contribution < -0.4 is 15.0 Å². The van der Waals surface area contributed by atoms with Gasteiger partial charge in [-0.05, 0) is 26.3 Å². The van der Waals surface area contributed by atoms with E-state index in [9.17, 15) is 4.39 Å². The largest absolute Gasteiger partial charge is 0.421 e. The van der Waals surface area contributed by atoms with Crippen LogP contribution >= 0.6 is 11.3 Å². The summed E-state index contributed by atoms with van der Waals surface area (Å²) in [5, 5.41) is 3.92. The molecule has 184 valence electrons. The van der Waals surface area contributed by atoms with Gasteiger partial charge in [-0.1, -0.05) is 25.5 Å². The minimum absolute atomic E-state index is 0.0542. The number of aromatic nitrogens is 3. The molecule has 0 amide bonds. The number of hydrogen-bond donors (Lipinski definition) is 1. The molecule has 1 aliphatic carbocycles. The topological polar surface area (TPSA) is 66.4 Å². The molecule has 7 nitrogen and oxygen atoms in total. The summed E-state index contributed by atoms with van der Waals surface area (Å²) in [5.41, 5.74) is 1.49. The predicted octanol–water partition coefficient (Wildman–Crippen LogP) is 5.58. The third-order valence-corrected chi connectivity index (χ3v) is 7.43. The molecule has 1 aliphatic heterocycles. The second-order valence-corrected chi connectivity index (χ2v) is 10.4. The zero-order valence-electron chi connectivity index (χ0n) is 20.2. The number of fused-ring (bicyclic) bond motifs is 1. The van der Waals surface area contributed by atoms with E-state index in [1.54, 1.807) is 17.4 Å². The minimum atomic E-state index is -0.608. The number of allylic oxidation sites excluding steroid dienone is 1. The van der Waals surface area contributed by atoms with Gasteiger partial charge in [0.1, 0.15) is 17.5 Å². The van der Waals surface area contributed by atoms with E-state index in [0.717, 1.165) is 42.7 Å². The molecular formula is C25H28F2N6OS. The summed E-state index contributed by atoms with van der Waals surface area (Å²) < 4.78 is 35.7. The van der Waals surface area contributed by atoms with E-state index >= 15 is 4.39 Å². The lowest BCUT2D eigenvalue weighted by Gasteiger charge is -2.33. The molecule has 0 bridgehead atoms. The highest BCUT2D eigenvalue weighted by atomic mass is 32.1. The molecule has 0 spiro atoms. The molecule has 0 radical (unpaired) electrons.